The first-order valence-electron chi connectivity index (χ1n) is 11.3. The number of nitrogens with zero attached hydrogens (tertiary/aromatic N) is 3. The highest BCUT2D eigenvalue weighted by Gasteiger charge is 2.29. The molecule has 7 heteroatoms. The quantitative estimate of drug-likeness (QED) is 0.531. The van der Waals surface area contributed by atoms with Crippen LogP contribution in [0.4, 0.5) is 5.82 Å². The fourth-order valence-corrected chi connectivity index (χ4v) is 4.90. The Bertz CT molecular complexity index is 1070. The summed E-state index contributed by atoms with van der Waals surface area (Å²) in [6, 6.07) is 16.2. The van der Waals surface area contributed by atoms with Crippen molar-refractivity contribution in [2.75, 3.05) is 25.1 Å². The van der Waals surface area contributed by atoms with Crippen LogP contribution in [-0.4, -0.2) is 36.1 Å². The summed E-state index contributed by atoms with van der Waals surface area (Å²) in [6.45, 7) is 5.61. The molecule has 1 aliphatic heterocycles. The minimum absolute atomic E-state index is 0.0667. The van der Waals surface area contributed by atoms with Gasteiger partial charge in [0.1, 0.15) is 10.8 Å². The van der Waals surface area contributed by atoms with E-state index in [0.29, 0.717) is 6.54 Å². The van der Waals surface area contributed by atoms with Gasteiger partial charge in [-0.2, -0.15) is 0 Å². The number of aryl methyl sites for hydroxylation is 1. The number of hydrogen-bond donors (Lipinski definition) is 1. The van der Waals surface area contributed by atoms with E-state index in [1.54, 1.807) is 31.3 Å². The molecular weight excluding hydrogens is 432 g/mol. The van der Waals surface area contributed by atoms with Crippen molar-refractivity contribution in [3.05, 3.63) is 72.1 Å². The van der Waals surface area contributed by atoms with Gasteiger partial charge in [0.25, 0.3) is 0 Å². The lowest BCUT2D eigenvalue weighted by Crippen LogP contribution is -2.44. The van der Waals surface area contributed by atoms with Crippen LogP contribution in [0.3, 0.4) is 0 Å². The second kappa shape index (κ2) is 10.7. The van der Waals surface area contributed by atoms with Crippen molar-refractivity contribution in [1.82, 2.24) is 15.3 Å². The van der Waals surface area contributed by atoms with Crippen molar-refractivity contribution >= 4 is 23.5 Å². The molecule has 0 unspecified atom stereocenters. The molecule has 2 heterocycles. The second-order valence-electron chi connectivity index (χ2n) is 8.39. The lowest BCUT2D eigenvalue weighted by Gasteiger charge is -2.34. The van der Waals surface area contributed by atoms with Crippen molar-refractivity contribution in [3.63, 3.8) is 0 Å². The van der Waals surface area contributed by atoms with Gasteiger partial charge in [-0.1, -0.05) is 41.6 Å². The number of benzene rings is 2. The Labute approximate surface area is 199 Å². The van der Waals surface area contributed by atoms with Crippen LogP contribution >= 0.6 is 11.8 Å². The summed E-state index contributed by atoms with van der Waals surface area (Å²) in [4.78, 5) is 25.6. The molecule has 1 saturated heterocycles. The molecule has 0 aliphatic carbocycles. The first-order chi connectivity index (χ1) is 16.0. The molecular formula is C26H30N4O2S. The summed E-state index contributed by atoms with van der Waals surface area (Å²) in [5.41, 5.74) is 2.29. The zero-order chi connectivity index (χ0) is 23.2. The summed E-state index contributed by atoms with van der Waals surface area (Å²) in [7, 11) is 1.65. The fourth-order valence-electron chi connectivity index (χ4n) is 4.02. The molecule has 172 valence electrons. The maximum atomic E-state index is 13.1. The van der Waals surface area contributed by atoms with E-state index < -0.39 is 0 Å². The average Bonchev–Trinajstić information content (AvgIpc) is 2.86. The van der Waals surface area contributed by atoms with E-state index >= 15 is 0 Å². The SMILES string of the molecule is COc1ccc([C@@H](C)NC(=O)[C@@H]2CCCN(c3nccnc3Sc3ccc(C)cc3)C2)cc1. The van der Waals surface area contributed by atoms with Gasteiger partial charge in [-0.15, -0.1) is 0 Å². The molecule has 2 atom stereocenters. The highest BCUT2D eigenvalue weighted by Crippen LogP contribution is 2.34. The van der Waals surface area contributed by atoms with Crippen LogP contribution in [0, 0.1) is 12.8 Å². The lowest BCUT2D eigenvalue weighted by atomic mass is 9.96. The van der Waals surface area contributed by atoms with Crippen LogP contribution in [0.1, 0.15) is 36.9 Å². The summed E-state index contributed by atoms with van der Waals surface area (Å²) >= 11 is 1.61. The molecule has 1 aromatic heterocycles. The van der Waals surface area contributed by atoms with Crippen LogP contribution in [0.15, 0.2) is 70.8 Å². The minimum atomic E-state index is -0.0846. The third-order valence-electron chi connectivity index (χ3n) is 5.95. The van der Waals surface area contributed by atoms with Gasteiger partial charge in [0.2, 0.25) is 5.91 Å². The number of carbonyl (C=O) groups is 1. The first-order valence-corrected chi connectivity index (χ1v) is 12.1. The lowest BCUT2D eigenvalue weighted by molar-refractivity contribution is -0.125. The Kier molecular flexibility index (Phi) is 7.50. The van der Waals surface area contributed by atoms with Gasteiger partial charge in [0, 0.05) is 30.4 Å². The number of hydrogen-bond acceptors (Lipinski definition) is 6. The number of aromatic nitrogens is 2. The molecule has 0 saturated carbocycles. The van der Waals surface area contributed by atoms with Gasteiger partial charge in [-0.05, 0) is 56.5 Å². The second-order valence-corrected chi connectivity index (χ2v) is 9.45. The third-order valence-corrected chi connectivity index (χ3v) is 6.94. The largest absolute Gasteiger partial charge is 0.497 e. The Hall–Kier alpha value is -3.06. The number of carbonyl (C=O) groups excluding carboxylic acids is 1. The number of methoxy groups -OCH3 is 1. The van der Waals surface area contributed by atoms with Gasteiger partial charge in [0.05, 0.1) is 19.1 Å². The Morgan fingerprint density at radius 1 is 1.12 bits per heavy atom. The zero-order valence-electron chi connectivity index (χ0n) is 19.3. The maximum Gasteiger partial charge on any atom is 0.225 e. The summed E-state index contributed by atoms with van der Waals surface area (Å²) in [5, 5.41) is 4.06. The molecule has 1 N–H and O–H groups in total. The van der Waals surface area contributed by atoms with Crippen LogP contribution in [0.25, 0.3) is 0 Å². The molecule has 3 aromatic rings. The molecule has 1 fully saturated rings. The number of rotatable bonds is 7. The highest BCUT2D eigenvalue weighted by atomic mass is 32.2. The van der Waals surface area contributed by atoms with Crippen LogP contribution in [0.2, 0.25) is 0 Å². The van der Waals surface area contributed by atoms with Gasteiger partial charge < -0.3 is 15.0 Å². The predicted octanol–water partition coefficient (Wildman–Crippen LogP) is 5.04. The molecule has 2 aromatic carbocycles. The smallest absolute Gasteiger partial charge is 0.225 e. The maximum absolute atomic E-state index is 13.1. The summed E-state index contributed by atoms with van der Waals surface area (Å²) in [5.74, 6) is 1.66. The average molecular weight is 463 g/mol. The highest BCUT2D eigenvalue weighted by molar-refractivity contribution is 7.99. The van der Waals surface area contributed by atoms with Crippen molar-refractivity contribution in [2.45, 2.75) is 42.7 Å². The van der Waals surface area contributed by atoms with Crippen LogP contribution < -0.4 is 15.0 Å². The number of nitrogens with one attached hydrogen (secondary N) is 1. The number of amides is 1. The standard InChI is InChI=1S/C26H30N4O2S/c1-18-6-12-23(13-7-18)33-26-24(27-14-15-28-26)30-16-4-5-21(17-30)25(31)29-19(2)20-8-10-22(32-3)11-9-20/h6-15,19,21H,4-5,16-17H2,1-3H3,(H,29,31)/t19-,21-/m1/s1. The number of anilines is 1. The van der Waals surface area contributed by atoms with E-state index in [-0.39, 0.29) is 17.9 Å². The molecule has 0 bridgehead atoms. The fraction of sp³-hybridized carbons (Fsp3) is 0.346. The first kappa shape index (κ1) is 23.1. The van der Waals surface area contributed by atoms with Crippen molar-refractivity contribution in [3.8, 4) is 5.75 Å². The summed E-state index contributed by atoms with van der Waals surface area (Å²) < 4.78 is 5.23. The van der Waals surface area contributed by atoms with E-state index in [4.69, 9.17) is 4.74 Å². The van der Waals surface area contributed by atoms with E-state index in [1.165, 1.54) is 5.56 Å². The zero-order valence-corrected chi connectivity index (χ0v) is 20.1. The van der Waals surface area contributed by atoms with Crippen LogP contribution in [-0.2, 0) is 4.79 Å². The Morgan fingerprint density at radius 2 is 1.85 bits per heavy atom. The monoisotopic (exact) mass is 462 g/mol. The normalized spacial score (nSPS) is 16.8. The van der Waals surface area contributed by atoms with Gasteiger partial charge in [0.15, 0.2) is 5.82 Å². The van der Waals surface area contributed by atoms with Crippen molar-refractivity contribution in [1.29, 1.82) is 0 Å². The van der Waals surface area contributed by atoms with E-state index in [1.807, 2.05) is 31.2 Å². The Balaban J connectivity index is 1.42. The minimum Gasteiger partial charge on any atom is -0.497 e. The van der Waals surface area contributed by atoms with Crippen molar-refractivity contribution in [2.24, 2.45) is 5.92 Å². The van der Waals surface area contributed by atoms with Gasteiger partial charge in [-0.3, -0.25) is 4.79 Å². The van der Waals surface area contributed by atoms with Gasteiger partial charge >= 0.3 is 0 Å². The van der Waals surface area contributed by atoms with E-state index in [9.17, 15) is 4.79 Å². The topological polar surface area (TPSA) is 67.3 Å². The molecule has 6 nitrogen and oxygen atoms in total. The van der Waals surface area contributed by atoms with Crippen LogP contribution in [0.5, 0.6) is 5.75 Å². The molecule has 0 radical (unpaired) electrons. The summed E-state index contributed by atoms with van der Waals surface area (Å²) in [6.07, 6.45) is 5.27. The number of ether oxygens (including phenoxy) is 1. The number of piperidine rings is 1. The molecule has 1 aliphatic rings. The molecule has 33 heavy (non-hydrogen) atoms. The molecule has 4 rings (SSSR count). The third kappa shape index (κ3) is 5.85. The molecule has 1 amide bonds. The van der Waals surface area contributed by atoms with E-state index in [2.05, 4.69) is 51.4 Å². The van der Waals surface area contributed by atoms with Crippen molar-refractivity contribution < 1.29 is 9.53 Å². The van der Waals surface area contributed by atoms with Gasteiger partial charge in [-0.25, -0.2) is 9.97 Å². The predicted molar refractivity (Wildman–Crippen MR) is 132 cm³/mol. The Morgan fingerprint density at radius 3 is 2.58 bits per heavy atom. The molecule has 0 spiro atoms. The van der Waals surface area contributed by atoms with E-state index in [0.717, 1.165) is 46.4 Å².